The molecule has 1 aliphatic heterocycles. The van der Waals surface area contributed by atoms with Crippen LogP contribution in [0.1, 0.15) is 12.8 Å². The zero-order valence-electron chi connectivity index (χ0n) is 11.2. The number of hydrogen-bond donors (Lipinski definition) is 2. The number of H-pyrrole nitrogens is 1. The van der Waals surface area contributed by atoms with E-state index in [0.717, 1.165) is 24.4 Å². The normalized spacial score (nSPS) is 19.4. The predicted molar refractivity (Wildman–Crippen MR) is 75.2 cm³/mol. The zero-order valence-corrected chi connectivity index (χ0v) is 11.2. The Bertz CT molecular complexity index is 822. The van der Waals surface area contributed by atoms with E-state index in [2.05, 4.69) is 20.2 Å². The third-order valence-electron chi connectivity index (χ3n) is 3.98. The van der Waals surface area contributed by atoms with Crippen LogP contribution in [-0.4, -0.2) is 48.7 Å². The largest absolute Gasteiger partial charge is 0.481 e. The fraction of sp³-hybridized carbons (Fsp3) is 0.385. The van der Waals surface area contributed by atoms with Gasteiger partial charge in [0.1, 0.15) is 0 Å². The van der Waals surface area contributed by atoms with Crippen molar-refractivity contribution in [2.75, 3.05) is 18.0 Å². The van der Waals surface area contributed by atoms with Crippen LogP contribution in [0, 0.1) is 5.92 Å². The molecule has 0 aromatic carbocycles. The number of aliphatic carboxylic acids is 1. The molecule has 1 saturated heterocycles. The van der Waals surface area contributed by atoms with E-state index < -0.39 is 5.97 Å². The molecule has 1 aliphatic rings. The second-order valence-corrected chi connectivity index (χ2v) is 5.29. The van der Waals surface area contributed by atoms with Gasteiger partial charge in [-0.05, 0) is 18.9 Å². The molecule has 108 valence electrons. The minimum absolute atomic E-state index is 0.345. The number of aromatic amines is 1. The summed E-state index contributed by atoms with van der Waals surface area (Å²) in [6.07, 6.45) is 5.03. The number of aromatic nitrogens is 5. The fourth-order valence-corrected chi connectivity index (χ4v) is 2.93. The van der Waals surface area contributed by atoms with Crippen molar-refractivity contribution < 1.29 is 9.90 Å². The summed E-state index contributed by atoms with van der Waals surface area (Å²) in [7, 11) is 0. The Morgan fingerprint density at radius 2 is 2.33 bits per heavy atom. The molecule has 8 heteroatoms. The molecule has 0 radical (unpaired) electrons. The van der Waals surface area contributed by atoms with Crippen LogP contribution in [0.2, 0.25) is 0 Å². The molecular formula is C13H14N6O2. The van der Waals surface area contributed by atoms with E-state index in [9.17, 15) is 9.90 Å². The number of nitrogens with zero attached hydrogens (tertiary/aromatic N) is 5. The highest BCUT2D eigenvalue weighted by atomic mass is 16.4. The fourth-order valence-electron chi connectivity index (χ4n) is 2.93. The molecule has 21 heavy (non-hydrogen) atoms. The lowest BCUT2D eigenvalue weighted by molar-refractivity contribution is -0.141. The van der Waals surface area contributed by atoms with Crippen molar-refractivity contribution in [1.82, 2.24) is 24.6 Å². The summed E-state index contributed by atoms with van der Waals surface area (Å²) in [5, 5.41) is 17.4. The molecular weight excluding hydrogens is 272 g/mol. The van der Waals surface area contributed by atoms with E-state index in [4.69, 9.17) is 0 Å². The highest BCUT2D eigenvalue weighted by molar-refractivity contribution is 5.76. The van der Waals surface area contributed by atoms with Gasteiger partial charge in [0.2, 0.25) is 5.95 Å². The molecule has 1 fully saturated rings. The van der Waals surface area contributed by atoms with Gasteiger partial charge in [0.25, 0.3) is 0 Å². The topological polar surface area (TPSA) is 99.4 Å². The number of fused-ring (bicyclic) bond motifs is 3. The average molecular weight is 286 g/mol. The van der Waals surface area contributed by atoms with Crippen molar-refractivity contribution in [2.45, 2.75) is 12.8 Å². The molecule has 2 N–H and O–H groups in total. The van der Waals surface area contributed by atoms with Crippen molar-refractivity contribution >= 4 is 28.7 Å². The predicted octanol–water partition coefficient (Wildman–Crippen LogP) is 0.907. The lowest BCUT2D eigenvalue weighted by Gasteiger charge is -2.30. The van der Waals surface area contributed by atoms with Crippen LogP contribution in [0.15, 0.2) is 18.5 Å². The van der Waals surface area contributed by atoms with E-state index in [1.54, 1.807) is 12.4 Å². The van der Waals surface area contributed by atoms with Gasteiger partial charge in [-0.2, -0.15) is 0 Å². The number of carboxylic acid groups (broad SMARTS) is 1. The molecule has 0 saturated carbocycles. The van der Waals surface area contributed by atoms with Gasteiger partial charge in [-0.25, -0.2) is 4.98 Å². The van der Waals surface area contributed by atoms with E-state index >= 15 is 0 Å². The second-order valence-electron chi connectivity index (χ2n) is 5.29. The number of piperidine rings is 1. The van der Waals surface area contributed by atoms with E-state index in [1.807, 2.05) is 15.4 Å². The van der Waals surface area contributed by atoms with Crippen molar-refractivity contribution in [1.29, 1.82) is 0 Å². The second kappa shape index (κ2) is 4.44. The molecule has 0 amide bonds. The van der Waals surface area contributed by atoms with Gasteiger partial charge in [-0.3, -0.25) is 9.20 Å². The highest BCUT2D eigenvalue weighted by Crippen LogP contribution is 2.25. The van der Waals surface area contributed by atoms with Gasteiger partial charge >= 0.3 is 5.97 Å². The van der Waals surface area contributed by atoms with Crippen LogP contribution in [0.3, 0.4) is 0 Å². The number of hydrogen-bond acceptors (Lipinski definition) is 5. The number of carboxylic acids is 1. The maximum Gasteiger partial charge on any atom is 0.308 e. The molecule has 3 aromatic heterocycles. The Morgan fingerprint density at radius 3 is 3.19 bits per heavy atom. The van der Waals surface area contributed by atoms with Crippen LogP contribution in [0.5, 0.6) is 0 Å². The third kappa shape index (κ3) is 1.83. The highest BCUT2D eigenvalue weighted by Gasteiger charge is 2.28. The average Bonchev–Trinajstić information content (AvgIpc) is 3.13. The summed E-state index contributed by atoms with van der Waals surface area (Å²) < 4.78 is 1.92. The summed E-state index contributed by atoms with van der Waals surface area (Å²) in [6, 6.07) is 1.92. The maximum atomic E-state index is 11.2. The van der Waals surface area contributed by atoms with Crippen LogP contribution in [-0.2, 0) is 4.79 Å². The maximum absolute atomic E-state index is 11.2. The Labute approximate surface area is 119 Å². The number of rotatable bonds is 2. The number of nitrogens with one attached hydrogen (secondary N) is 1. The number of carbonyl (C=O) groups is 1. The lowest BCUT2D eigenvalue weighted by atomic mass is 9.99. The molecule has 4 rings (SSSR count). The molecule has 0 spiro atoms. The Hall–Kier alpha value is -2.64. The van der Waals surface area contributed by atoms with E-state index in [1.165, 1.54) is 0 Å². The Balaban J connectivity index is 1.82. The van der Waals surface area contributed by atoms with Crippen molar-refractivity contribution in [2.24, 2.45) is 5.92 Å². The first-order chi connectivity index (χ1) is 10.2. The summed E-state index contributed by atoms with van der Waals surface area (Å²) >= 11 is 0. The molecule has 0 bridgehead atoms. The third-order valence-corrected chi connectivity index (χ3v) is 3.98. The SMILES string of the molecule is O=C(O)C1CCCN(c2ncc3nnc4[nH]ccc4n23)C1. The number of anilines is 1. The van der Waals surface area contributed by atoms with Crippen LogP contribution < -0.4 is 4.90 Å². The monoisotopic (exact) mass is 286 g/mol. The lowest BCUT2D eigenvalue weighted by Crippen LogP contribution is -2.39. The molecule has 3 aromatic rings. The van der Waals surface area contributed by atoms with Gasteiger partial charge in [0, 0.05) is 19.3 Å². The van der Waals surface area contributed by atoms with Crippen molar-refractivity contribution in [3.8, 4) is 0 Å². The van der Waals surface area contributed by atoms with Crippen molar-refractivity contribution in [3.63, 3.8) is 0 Å². The summed E-state index contributed by atoms with van der Waals surface area (Å²) in [6.45, 7) is 1.28. The Morgan fingerprint density at radius 1 is 1.43 bits per heavy atom. The molecule has 8 nitrogen and oxygen atoms in total. The summed E-state index contributed by atoms with van der Waals surface area (Å²) in [5.74, 6) is -0.356. The van der Waals surface area contributed by atoms with E-state index in [-0.39, 0.29) is 5.92 Å². The van der Waals surface area contributed by atoms with Crippen LogP contribution in [0.25, 0.3) is 16.8 Å². The molecule has 0 aliphatic carbocycles. The van der Waals surface area contributed by atoms with Gasteiger partial charge in [0.05, 0.1) is 17.6 Å². The zero-order chi connectivity index (χ0) is 14.4. The first kappa shape index (κ1) is 12.1. The Kier molecular flexibility index (Phi) is 2.56. The summed E-state index contributed by atoms with van der Waals surface area (Å²) in [5.41, 5.74) is 2.24. The molecule has 1 unspecified atom stereocenters. The van der Waals surface area contributed by atoms with E-state index in [0.29, 0.717) is 24.3 Å². The first-order valence-corrected chi connectivity index (χ1v) is 6.89. The first-order valence-electron chi connectivity index (χ1n) is 6.89. The van der Waals surface area contributed by atoms with Gasteiger partial charge < -0.3 is 15.0 Å². The number of imidazole rings is 1. The smallest absolute Gasteiger partial charge is 0.308 e. The van der Waals surface area contributed by atoms with Gasteiger partial charge in [0.15, 0.2) is 11.3 Å². The molecule has 1 atom stereocenters. The van der Waals surface area contributed by atoms with Crippen LogP contribution in [0.4, 0.5) is 5.95 Å². The quantitative estimate of drug-likeness (QED) is 0.726. The van der Waals surface area contributed by atoms with Gasteiger partial charge in [-0.15, -0.1) is 10.2 Å². The minimum Gasteiger partial charge on any atom is -0.481 e. The van der Waals surface area contributed by atoms with Crippen LogP contribution >= 0.6 is 0 Å². The minimum atomic E-state index is -0.743. The van der Waals surface area contributed by atoms with Gasteiger partial charge in [-0.1, -0.05) is 0 Å². The summed E-state index contributed by atoms with van der Waals surface area (Å²) in [4.78, 5) is 20.7. The van der Waals surface area contributed by atoms with Crippen molar-refractivity contribution in [3.05, 3.63) is 18.5 Å². The standard InChI is InChI=1S/C13H14N6O2/c20-12(21)8-2-1-5-18(7-8)13-15-6-10-16-17-11-9(19(10)13)3-4-14-11/h3-4,6,8,14H,1-2,5,7H2,(H,20,21). The molecule has 4 heterocycles.